The number of nitrogens with zero attached hydrogens (tertiary/aromatic N) is 1. The molecule has 4 rings (SSSR count). The summed E-state index contributed by atoms with van der Waals surface area (Å²) in [5.41, 5.74) is 1.16. The molecule has 0 aromatic heterocycles. The number of hydrogen-bond acceptors (Lipinski definition) is 4. The van der Waals surface area contributed by atoms with E-state index in [0.717, 1.165) is 18.7 Å². The van der Waals surface area contributed by atoms with Crippen molar-refractivity contribution in [3.8, 4) is 0 Å². The number of benzene rings is 2. The number of halogens is 3. The summed E-state index contributed by atoms with van der Waals surface area (Å²) in [6.07, 6.45) is 0. The summed E-state index contributed by atoms with van der Waals surface area (Å²) in [4.78, 5) is 14.9. The van der Waals surface area contributed by atoms with Crippen LogP contribution in [0.15, 0.2) is 53.4 Å². The zero-order valence-electron chi connectivity index (χ0n) is 15.3. The van der Waals surface area contributed by atoms with Gasteiger partial charge in [0.1, 0.15) is 5.82 Å². The Kier molecular flexibility index (Phi) is 7.29. The molecule has 0 bridgehead atoms. The van der Waals surface area contributed by atoms with E-state index in [2.05, 4.69) is 5.32 Å². The topological polar surface area (TPSA) is 92.5 Å². The predicted octanol–water partition coefficient (Wildman–Crippen LogP) is 2.35. The van der Waals surface area contributed by atoms with Gasteiger partial charge in [-0.2, -0.15) is 0 Å². The molecule has 0 saturated carbocycles. The van der Waals surface area contributed by atoms with Crippen LogP contribution in [0.1, 0.15) is 22.0 Å². The second kappa shape index (κ2) is 8.97. The molecule has 2 aliphatic rings. The summed E-state index contributed by atoms with van der Waals surface area (Å²) >= 11 is 0. The summed E-state index contributed by atoms with van der Waals surface area (Å²) in [6, 6.07) is 11.8. The lowest BCUT2D eigenvalue weighted by Gasteiger charge is -2.28. The van der Waals surface area contributed by atoms with Crippen LogP contribution >= 0.6 is 24.8 Å². The third kappa shape index (κ3) is 4.57. The fraction of sp³-hybridized carbons (Fsp3) is 0.316. The molecule has 2 saturated heterocycles. The lowest BCUT2D eigenvalue weighted by molar-refractivity contribution is 0.0713. The van der Waals surface area contributed by atoms with E-state index in [0.29, 0.717) is 18.0 Å². The van der Waals surface area contributed by atoms with Crippen LogP contribution in [0.25, 0.3) is 0 Å². The number of amides is 1. The van der Waals surface area contributed by atoms with E-state index < -0.39 is 10.0 Å². The van der Waals surface area contributed by atoms with Gasteiger partial charge in [-0.15, -0.1) is 24.8 Å². The average molecular weight is 462 g/mol. The number of carbonyl (C=O) groups excluding carboxylic acids is 1. The van der Waals surface area contributed by atoms with Crippen molar-refractivity contribution in [3.05, 3.63) is 65.5 Å². The lowest BCUT2D eigenvalue weighted by Crippen LogP contribution is -2.34. The van der Waals surface area contributed by atoms with Gasteiger partial charge in [0.15, 0.2) is 0 Å². The van der Waals surface area contributed by atoms with Crippen LogP contribution in [-0.2, 0) is 10.0 Å². The summed E-state index contributed by atoms with van der Waals surface area (Å²) in [5.74, 6) is 0.0109. The lowest BCUT2D eigenvalue weighted by atomic mass is 9.89. The number of hydrogen-bond donors (Lipinski definition) is 2. The number of rotatable bonds is 3. The molecule has 3 N–H and O–H groups in total. The molecule has 0 radical (unpaired) electrons. The number of fused-ring (bicyclic) bond motifs is 1. The van der Waals surface area contributed by atoms with Gasteiger partial charge in [-0.25, -0.2) is 17.9 Å². The van der Waals surface area contributed by atoms with E-state index in [-0.39, 0.29) is 53.4 Å². The molecular weight excluding hydrogens is 440 g/mol. The van der Waals surface area contributed by atoms with Crippen LogP contribution in [-0.4, -0.2) is 38.9 Å². The summed E-state index contributed by atoms with van der Waals surface area (Å²) in [6.45, 7) is 2.18. The summed E-state index contributed by atoms with van der Waals surface area (Å²) in [5, 5.41) is 8.46. The molecule has 2 aliphatic heterocycles. The molecule has 2 heterocycles. The van der Waals surface area contributed by atoms with Crippen molar-refractivity contribution >= 4 is 40.7 Å². The van der Waals surface area contributed by atoms with Gasteiger partial charge in [0.2, 0.25) is 10.0 Å². The molecule has 2 aromatic rings. The van der Waals surface area contributed by atoms with E-state index in [1.807, 2.05) is 6.07 Å². The Labute approximate surface area is 181 Å². The van der Waals surface area contributed by atoms with Gasteiger partial charge in [0, 0.05) is 31.1 Å². The highest BCUT2D eigenvalue weighted by atomic mass is 35.5. The second-order valence-corrected chi connectivity index (χ2v) is 8.67. The largest absolute Gasteiger partial charge is 0.331 e. The van der Waals surface area contributed by atoms with Gasteiger partial charge in [0.05, 0.1) is 10.9 Å². The standard InChI is InChI=1S/C19H20FN3O3S.2ClH/c20-15-3-1-2-13(8-15)18-17-10-22-9-14(17)11-23(18)19(24)12-4-6-16(7-5-12)27(21,25)26;;/h1-8,14,17-18,22H,9-11H2,(H2,21,25,26);2*1H/t14-,17-,18-;;/m0../s1. The Morgan fingerprint density at radius 3 is 2.41 bits per heavy atom. The maximum Gasteiger partial charge on any atom is 0.254 e. The number of primary sulfonamides is 1. The molecule has 0 spiro atoms. The van der Waals surface area contributed by atoms with Gasteiger partial charge in [-0.3, -0.25) is 4.79 Å². The highest BCUT2D eigenvalue weighted by molar-refractivity contribution is 7.89. The maximum atomic E-state index is 13.8. The smallest absolute Gasteiger partial charge is 0.254 e. The Morgan fingerprint density at radius 1 is 1.10 bits per heavy atom. The minimum atomic E-state index is -3.81. The first-order valence-corrected chi connectivity index (χ1v) is 10.3. The van der Waals surface area contributed by atoms with Gasteiger partial charge in [0.25, 0.3) is 5.91 Å². The number of nitrogens with two attached hydrogens (primary N) is 1. The normalized spacial score (nSPS) is 23.1. The summed E-state index contributed by atoms with van der Waals surface area (Å²) in [7, 11) is -3.81. The van der Waals surface area contributed by atoms with Gasteiger partial charge < -0.3 is 10.2 Å². The van der Waals surface area contributed by atoms with Crippen molar-refractivity contribution in [2.45, 2.75) is 10.9 Å². The molecule has 0 unspecified atom stereocenters. The average Bonchev–Trinajstić information content (AvgIpc) is 3.21. The quantitative estimate of drug-likeness (QED) is 0.733. The van der Waals surface area contributed by atoms with Gasteiger partial charge in [-0.05, 0) is 47.9 Å². The molecule has 2 aromatic carbocycles. The molecule has 6 nitrogen and oxygen atoms in total. The van der Waals surface area contributed by atoms with Crippen LogP contribution in [0, 0.1) is 17.7 Å². The Bertz CT molecular complexity index is 988. The highest BCUT2D eigenvalue weighted by Crippen LogP contribution is 2.43. The van der Waals surface area contributed by atoms with Crippen LogP contribution in [0.3, 0.4) is 0 Å². The van der Waals surface area contributed by atoms with E-state index in [4.69, 9.17) is 5.14 Å². The van der Waals surface area contributed by atoms with E-state index in [1.54, 1.807) is 11.0 Å². The van der Waals surface area contributed by atoms with Crippen LogP contribution in [0.2, 0.25) is 0 Å². The van der Waals surface area contributed by atoms with E-state index in [9.17, 15) is 17.6 Å². The fourth-order valence-electron chi connectivity index (χ4n) is 4.20. The molecule has 158 valence electrons. The predicted molar refractivity (Wildman–Crippen MR) is 112 cm³/mol. The number of carbonyl (C=O) groups is 1. The Balaban J connectivity index is 0.00000150. The van der Waals surface area contributed by atoms with Gasteiger partial charge >= 0.3 is 0 Å². The number of likely N-dealkylation sites (tertiary alicyclic amines) is 1. The Hall–Kier alpha value is -1.71. The van der Waals surface area contributed by atoms with Crippen LogP contribution in [0.5, 0.6) is 0 Å². The third-order valence-corrected chi connectivity index (χ3v) is 6.37. The minimum Gasteiger partial charge on any atom is -0.331 e. The van der Waals surface area contributed by atoms with Crippen molar-refractivity contribution in [1.82, 2.24) is 10.2 Å². The van der Waals surface area contributed by atoms with Crippen molar-refractivity contribution in [3.63, 3.8) is 0 Å². The van der Waals surface area contributed by atoms with Crippen molar-refractivity contribution in [2.24, 2.45) is 17.0 Å². The molecule has 10 heteroatoms. The maximum absolute atomic E-state index is 13.8. The fourth-order valence-corrected chi connectivity index (χ4v) is 4.72. The first-order chi connectivity index (χ1) is 12.8. The molecule has 1 amide bonds. The molecule has 2 fully saturated rings. The second-order valence-electron chi connectivity index (χ2n) is 7.11. The van der Waals surface area contributed by atoms with Gasteiger partial charge in [-0.1, -0.05) is 12.1 Å². The zero-order chi connectivity index (χ0) is 19.2. The number of nitrogens with one attached hydrogen (secondary N) is 1. The highest BCUT2D eigenvalue weighted by Gasteiger charge is 2.46. The Morgan fingerprint density at radius 2 is 1.79 bits per heavy atom. The minimum absolute atomic E-state index is 0. The third-order valence-electron chi connectivity index (χ3n) is 5.45. The van der Waals surface area contributed by atoms with Crippen molar-refractivity contribution in [1.29, 1.82) is 0 Å². The molecular formula is C19H22Cl2FN3O3S. The monoisotopic (exact) mass is 461 g/mol. The molecule has 0 aliphatic carbocycles. The van der Waals surface area contributed by atoms with Crippen molar-refractivity contribution in [2.75, 3.05) is 19.6 Å². The molecule has 3 atom stereocenters. The van der Waals surface area contributed by atoms with Crippen LogP contribution in [0.4, 0.5) is 4.39 Å². The first-order valence-electron chi connectivity index (χ1n) is 8.74. The SMILES string of the molecule is Cl.Cl.NS(=O)(=O)c1ccc(C(=O)N2C[C@@H]3CNC[C@@H]3[C@@H]2c2cccc(F)c2)cc1. The van der Waals surface area contributed by atoms with Crippen LogP contribution < -0.4 is 10.5 Å². The van der Waals surface area contributed by atoms with E-state index in [1.165, 1.54) is 36.4 Å². The number of sulfonamides is 1. The van der Waals surface area contributed by atoms with E-state index >= 15 is 0 Å². The molecule has 29 heavy (non-hydrogen) atoms. The summed E-state index contributed by atoms with van der Waals surface area (Å²) < 4.78 is 36.6. The first kappa shape index (κ1) is 23.6. The van der Waals surface area contributed by atoms with Crippen molar-refractivity contribution < 1.29 is 17.6 Å². The zero-order valence-corrected chi connectivity index (χ0v) is 17.8.